The van der Waals surface area contributed by atoms with Crippen LogP contribution in [0.5, 0.6) is 0 Å². The van der Waals surface area contributed by atoms with Crippen molar-refractivity contribution >= 4 is 46.0 Å². The average Bonchev–Trinajstić information content (AvgIpc) is 3.24. The zero-order chi connectivity index (χ0) is 20.9. The fourth-order valence-corrected chi connectivity index (χ4v) is 4.27. The van der Waals surface area contributed by atoms with Gasteiger partial charge in [-0.1, -0.05) is 23.2 Å². The summed E-state index contributed by atoms with van der Waals surface area (Å²) in [6, 6.07) is 7.04. The zero-order valence-electron chi connectivity index (χ0n) is 15.3. The highest BCUT2D eigenvalue weighted by Crippen LogP contribution is 2.30. The van der Waals surface area contributed by atoms with Crippen LogP contribution < -0.4 is 0 Å². The van der Waals surface area contributed by atoms with E-state index in [-0.39, 0.29) is 17.5 Å². The average molecular weight is 436 g/mol. The molecule has 0 radical (unpaired) electrons. The minimum Gasteiger partial charge on any atom is -0.478 e. The number of hydrogen-bond acceptors (Lipinski definition) is 3. The van der Waals surface area contributed by atoms with Crippen molar-refractivity contribution in [3.8, 4) is 0 Å². The van der Waals surface area contributed by atoms with Crippen molar-refractivity contribution in [3.63, 3.8) is 0 Å². The van der Waals surface area contributed by atoms with Gasteiger partial charge in [-0.2, -0.15) is 5.10 Å². The van der Waals surface area contributed by atoms with Crippen LogP contribution in [0.25, 0.3) is 10.9 Å². The zero-order valence-corrected chi connectivity index (χ0v) is 16.8. The smallest absolute Gasteiger partial charge is 0.338 e. The highest BCUT2D eigenvalue weighted by atomic mass is 35.5. The predicted octanol–water partition coefficient (Wildman–Crippen LogP) is 4.58. The highest BCUT2D eigenvalue weighted by Gasteiger charge is 2.30. The number of aryl methyl sites for hydroxylation is 1. The Kier molecular flexibility index (Phi) is 4.96. The summed E-state index contributed by atoms with van der Waals surface area (Å²) in [4.78, 5) is 25.7. The molecule has 2 heterocycles. The van der Waals surface area contributed by atoms with Crippen LogP contribution in [0.4, 0.5) is 4.39 Å². The fraction of sp³-hybridized carbons (Fsp3) is 0.250. The van der Waals surface area contributed by atoms with E-state index in [1.165, 1.54) is 12.1 Å². The van der Waals surface area contributed by atoms with Gasteiger partial charge in [-0.3, -0.25) is 9.48 Å². The number of carboxylic acids is 1. The summed E-state index contributed by atoms with van der Waals surface area (Å²) >= 11 is 12.0. The molecular formula is C20H16Cl2FN3O3. The first kappa shape index (κ1) is 19.7. The lowest BCUT2D eigenvalue weighted by atomic mass is 10.1. The van der Waals surface area contributed by atoms with Crippen LogP contribution in [0, 0.1) is 12.7 Å². The van der Waals surface area contributed by atoms with Gasteiger partial charge in [-0.15, -0.1) is 0 Å². The van der Waals surface area contributed by atoms with Crippen molar-refractivity contribution in [2.45, 2.75) is 19.4 Å². The number of aromatic nitrogens is 2. The number of aromatic carboxylic acids is 1. The molecule has 0 saturated carbocycles. The van der Waals surface area contributed by atoms with Gasteiger partial charge in [0.2, 0.25) is 0 Å². The van der Waals surface area contributed by atoms with Crippen molar-refractivity contribution in [3.05, 3.63) is 63.0 Å². The predicted molar refractivity (Wildman–Crippen MR) is 107 cm³/mol. The van der Waals surface area contributed by atoms with Crippen LogP contribution in [0.1, 0.15) is 38.9 Å². The highest BCUT2D eigenvalue weighted by molar-refractivity contribution is 6.35. The molecule has 2 aromatic carbocycles. The van der Waals surface area contributed by atoms with Crippen molar-refractivity contribution in [2.24, 2.45) is 0 Å². The van der Waals surface area contributed by atoms with Crippen molar-refractivity contribution < 1.29 is 19.1 Å². The molecule has 0 bridgehead atoms. The first-order valence-corrected chi connectivity index (χ1v) is 9.67. The molecule has 1 atom stereocenters. The van der Waals surface area contributed by atoms with E-state index in [9.17, 15) is 14.0 Å². The second kappa shape index (κ2) is 7.31. The van der Waals surface area contributed by atoms with E-state index in [2.05, 4.69) is 5.10 Å². The van der Waals surface area contributed by atoms with Gasteiger partial charge >= 0.3 is 5.97 Å². The molecule has 9 heteroatoms. The van der Waals surface area contributed by atoms with Gasteiger partial charge in [-0.25, -0.2) is 9.18 Å². The van der Waals surface area contributed by atoms with Crippen LogP contribution in [0.3, 0.4) is 0 Å². The fourth-order valence-electron chi connectivity index (χ4n) is 3.74. The van der Waals surface area contributed by atoms with E-state index in [1.807, 2.05) is 0 Å². The maximum atomic E-state index is 14.2. The molecule has 4 rings (SSSR count). The van der Waals surface area contributed by atoms with Gasteiger partial charge < -0.3 is 10.0 Å². The van der Waals surface area contributed by atoms with Crippen molar-refractivity contribution in [1.29, 1.82) is 0 Å². The van der Waals surface area contributed by atoms with E-state index in [0.717, 1.165) is 0 Å². The minimum absolute atomic E-state index is 0.153. The Morgan fingerprint density at radius 3 is 2.52 bits per heavy atom. The number of halogens is 3. The Bertz CT molecular complexity index is 1140. The van der Waals surface area contributed by atoms with Crippen LogP contribution in [-0.4, -0.2) is 44.8 Å². The Hall–Kier alpha value is -2.64. The number of carbonyl (C=O) groups is 2. The summed E-state index contributed by atoms with van der Waals surface area (Å²) in [5, 5.41) is 15.0. The summed E-state index contributed by atoms with van der Waals surface area (Å²) in [6.45, 7) is 2.64. The third kappa shape index (κ3) is 3.56. The molecule has 1 amide bonds. The van der Waals surface area contributed by atoms with Crippen molar-refractivity contribution in [1.82, 2.24) is 14.7 Å². The summed E-state index contributed by atoms with van der Waals surface area (Å²) < 4.78 is 15.9. The lowest BCUT2D eigenvalue weighted by Gasteiger charge is -2.17. The number of hydrogen-bond donors (Lipinski definition) is 1. The summed E-state index contributed by atoms with van der Waals surface area (Å²) in [5.74, 6) is -2.33. The summed E-state index contributed by atoms with van der Waals surface area (Å²) in [6.07, 6.45) is 0.637. The van der Waals surface area contributed by atoms with E-state index < -0.39 is 11.8 Å². The number of benzene rings is 2. The molecule has 1 aromatic heterocycles. The first-order chi connectivity index (χ1) is 13.7. The largest absolute Gasteiger partial charge is 0.478 e. The molecule has 6 nitrogen and oxygen atoms in total. The summed E-state index contributed by atoms with van der Waals surface area (Å²) in [5.41, 5.74) is 1.13. The lowest BCUT2D eigenvalue weighted by molar-refractivity contribution is 0.0691. The number of likely N-dealkylation sites (tertiary alicyclic amines) is 1. The molecule has 1 fully saturated rings. The monoisotopic (exact) mass is 435 g/mol. The molecule has 1 unspecified atom stereocenters. The SMILES string of the molecule is Cc1nn(C2CCN(C(=O)c3cc(Cl)cc(Cl)c3)C2)c2cc(F)c(C(=O)O)cc12. The second-order valence-electron chi connectivity index (χ2n) is 7.04. The van der Waals surface area contributed by atoms with Gasteiger partial charge in [-0.05, 0) is 37.6 Å². The Morgan fingerprint density at radius 1 is 1.17 bits per heavy atom. The number of nitrogens with zero attached hydrogens (tertiary/aromatic N) is 3. The van der Waals surface area contributed by atoms with Gasteiger partial charge in [0.05, 0.1) is 22.8 Å². The van der Waals surface area contributed by atoms with Crippen LogP contribution in [0.15, 0.2) is 30.3 Å². The quantitative estimate of drug-likeness (QED) is 0.653. The van der Waals surface area contributed by atoms with Crippen molar-refractivity contribution in [2.75, 3.05) is 13.1 Å². The third-order valence-electron chi connectivity index (χ3n) is 5.12. The maximum Gasteiger partial charge on any atom is 0.338 e. The normalized spacial score (nSPS) is 16.6. The molecule has 3 aromatic rings. The Balaban J connectivity index is 1.64. The number of amides is 1. The molecule has 1 N–H and O–H groups in total. The van der Waals surface area contributed by atoms with Gasteiger partial charge in [0.25, 0.3) is 5.91 Å². The number of carboxylic acid groups (broad SMARTS) is 1. The third-order valence-corrected chi connectivity index (χ3v) is 5.55. The summed E-state index contributed by atoms with van der Waals surface area (Å²) in [7, 11) is 0. The van der Waals surface area contributed by atoms with E-state index in [4.69, 9.17) is 28.3 Å². The number of fused-ring (bicyclic) bond motifs is 1. The number of rotatable bonds is 3. The van der Waals surface area contributed by atoms with Gasteiger partial charge in [0, 0.05) is 40.2 Å². The molecular weight excluding hydrogens is 420 g/mol. The van der Waals surface area contributed by atoms with E-state index in [1.54, 1.807) is 34.7 Å². The molecule has 29 heavy (non-hydrogen) atoms. The Morgan fingerprint density at radius 2 is 1.86 bits per heavy atom. The molecule has 1 saturated heterocycles. The van der Waals surface area contributed by atoms with Gasteiger partial charge in [0.1, 0.15) is 5.82 Å². The first-order valence-electron chi connectivity index (χ1n) is 8.91. The molecule has 1 aliphatic rings. The second-order valence-corrected chi connectivity index (χ2v) is 7.91. The van der Waals surface area contributed by atoms with Crippen LogP contribution in [-0.2, 0) is 0 Å². The van der Waals surface area contributed by atoms with Crippen LogP contribution >= 0.6 is 23.2 Å². The van der Waals surface area contributed by atoms with Crippen LogP contribution in [0.2, 0.25) is 10.0 Å². The minimum atomic E-state index is -1.32. The molecule has 0 aliphatic carbocycles. The van der Waals surface area contributed by atoms with E-state index in [0.29, 0.717) is 51.7 Å². The Labute approximate surface area is 175 Å². The maximum absolute atomic E-state index is 14.2. The molecule has 1 aliphatic heterocycles. The van der Waals surface area contributed by atoms with E-state index >= 15 is 0 Å². The topological polar surface area (TPSA) is 75.4 Å². The molecule has 0 spiro atoms. The molecule has 150 valence electrons. The lowest BCUT2D eigenvalue weighted by Crippen LogP contribution is -2.29. The standard InChI is InChI=1S/C20H16Cl2FN3O3/c1-10-15-7-16(20(28)29)17(23)8-18(15)26(24-10)14-2-3-25(9-14)19(27)11-4-12(21)6-13(22)5-11/h4-8,14H,2-3,9H2,1H3,(H,28,29). The number of carbonyl (C=O) groups excluding carboxylic acids is 1. The van der Waals surface area contributed by atoms with Gasteiger partial charge in [0.15, 0.2) is 0 Å².